The molecule has 0 aromatic carbocycles. The molecular formula is C11H19NO3. The van der Waals surface area contributed by atoms with Crippen LogP contribution in [0.15, 0.2) is 12.2 Å². The van der Waals surface area contributed by atoms with Gasteiger partial charge in [0.15, 0.2) is 0 Å². The van der Waals surface area contributed by atoms with Crippen molar-refractivity contribution in [1.29, 1.82) is 0 Å². The molecule has 15 heavy (non-hydrogen) atoms. The van der Waals surface area contributed by atoms with Crippen molar-refractivity contribution in [2.45, 2.75) is 26.7 Å². The summed E-state index contributed by atoms with van der Waals surface area (Å²) in [5.41, 5.74) is 0.413. The maximum absolute atomic E-state index is 11.0. The standard InChI is InChI=1S/C11H19NO3/c1-9(2)11(14)15-8-6-5-7-12(4)10(3)13/h1,5-8H2,2-4H3. The average Bonchev–Trinajstić information content (AvgIpc) is 2.16. The Morgan fingerprint density at radius 2 is 1.87 bits per heavy atom. The molecule has 0 fully saturated rings. The molecule has 0 heterocycles. The SMILES string of the molecule is C=C(C)C(=O)OCCCCN(C)C(C)=O. The molecule has 86 valence electrons. The number of hydrogen-bond donors (Lipinski definition) is 0. The summed E-state index contributed by atoms with van der Waals surface area (Å²) in [6.07, 6.45) is 1.59. The van der Waals surface area contributed by atoms with Crippen LogP contribution in [-0.4, -0.2) is 37.0 Å². The minimum atomic E-state index is -0.352. The predicted molar refractivity (Wildman–Crippen MR) is 58.3 cm³/mol. The van der Waals surface area contributed by atoms with Crippen LogP contribution < -0.4 is 0 Å². The van der Waals surface area contributed by atoms with Gasteiger partial charge in [0.2, 0.25) is 5.91 Å². The van der Waals surface area contributed by atoms with E-state index in [1.165, 1.54) is 6.92 Å². The zero-order valence-electron chi connectivity index (χ0n) is 9.71. The van der Waals surface area contributed by atoms with E-state index >= 15 is 0 Å². The Labute approximate surface area is 90.9 Å². The van der Waals surface area contributed by atoms with Gasteiger partial charge in [-0.25, -0.2) is 4.79 Å². The molecule has 0 spiro atoms. The normalized spacial score (nSPS) is 9.53. The maximum atomic E-state index is 11.0. The summed E-state index contributed by atoms with van der Waals surface area (Å²) in [4.78, 5) is 23.4. The monoisotopic (exact) mass is 213 g/mol. The fourth-order valence-corrected chi connectivity index (χ4v) is 0.897. The lowest BCUT2D eigenvalue weighted by molar-refractivity contribution is -0.139. The highest BCUT2D eigenvalue weighted by atomic mass is 16.5. The van der Waals surface area contributed by atoms with Gasteiger partial charge in [0.05, 0.1) is 6.61 Å². The van der Waals surface area contributed by atoms with Crippen molar-refractivity contribution in [3.63, 3.8) is 0 Å². The molecule has 0 atom stereocenters. The topological polar surface area (TPSA) is 46.6 Å². The molecule has 0 aromatic heterocycles. The first-order valence-electron chi connectivity index (χ1n) is 4.99. The summed E-state index contributed by atoms with van der Waals surface area (Å²) in [6, 6.07) is 0. The number of unbranched alkanes of at least 4 members (excludes halogenated alkanes) is 1. The van der Waals surface area contributed by atoms with E-state index in [1.54, 1.807) is 18.9 Å². The Kier molecular flexibility index (Phi) is 6.42. The van der Waals surface area contributed by atoms with Crippen LogP contribution >= 0.6 is 0 Å². The zero-order valence-corrected chi connectivity index (χ0v) is 9.71. The Hall–Kier alpha value is -1.32. The van der Waals surface area contributed by atoms with E-state index in [9.17, 15) is 9.59 Å². The third-order valence-corrected chi connectivity index (χ3v) is 2.01. The van der Waals surface area contributed by atoms with Crippen molar-refractivity contribution in [3.8, 4) is 0 Å². The molecule has 0 aromatic rings. The molecule has 1 amide bonds. The second-order valence-electron chi connectivity index (χ2n) is 3.56. The lowest BCUT2D eigenvalue weighted by atomic mass is 10.3. The molecule has 0 rings (SSSR count). The van der Waals surface area contributed by atoms with Gasteiger partial charge in [-0.2, -0.15) is 0 Å². The first-order chi connectivity index (χ1) is 6.95. The second kappa shape index (κ2) is 7.04. The van der Waals surface area contributed by atoms with Gasteiger partial charge in [0.25, 0.3) is 0 Å². The van der Waals surface area contributed by atoms with Gasteiger partial charge in [0, 0.05) is 26.1 Å². The van der Waals surface area contributed by atoms with Gasteiger partial charge < -0.3 is 9.64 Å². The van der Waals surface area contributed by atoms with Gasteiger partial charge in [-0.15, -0.1) is 0 Å². The minimum Gasteiger partial charge on any atom is -0.462 e. The predicted octanol–water partition coefficient (Wildman–Crippen LogP) is 1.36. The summed E-state index contributed by atoms with van der Waals surface area (Å²) in [5.74, 6) is -0.302. The molecule has 0 N–H and O–H groups in total. The van der Waals surface area contributed by atoms with E-state index in [1.807, 2.05) is 0 Å². The molecular weight excluding hydrogens is 194 g/mol. The number of nitrogens with zero attached hydrogens (tertiary/aromatic N) is 1. The maximum Gasteiger partial charge on any atom is 0.333 e. The lowest BCUT2D eigenvalue weighted by Crippen LogP contribution is -2.25. The number of esters is 1. The highest BCUT2D eigenvalue weighted by Crippen LogP contribution is 1.97. The summed E-state index contributed by atoms with van der Waals surface area (Å²) in [5, 5.41) is 0. The molecule has 0 bridgehead atoms. The lowest BCUT2D eigenvalue weighted by Gasteiger charge is -2.14. The van der Waals surface area contributed by atoms with E-state index < -0.39 is 0 Å². The number of hydrogen-bond acceptors (Lipinski definition) is 3. The Bertz CT molecular complexity index is 248. The Balaban J connectivity index is 3.44. The van der Waals surface area contributed by atoms with Gasteiger partial charge in [-0.05, 0) is 19.8 Å². The van der Waals surface area contributed by atoms with E-state index in [2.05, 4.69) is 6.58 Å². The molecule has 0 aliphatic rings. The highest BCUT2D eigenvalue weighted by Gasteiger charge is 2.03. The number of amides is 1. The minimum absolute atomic E-state index is 0.0499. The first kappa shape index (κ1) is 13.7. The van der Waals surface area contributed by atoms with Gasteiger partial charge in [-0.3, -0.25) is 4.79 Å². The molecule has 0 unspecified atom stereocenters. The van der Waals surface area contributed by atoms with Crippen LogP contribution in [0.4, 0.5) is 0 Å². The van der Waals surface area contributed by atoms with Crippen LogP contribution in [0.25, 0.3) is 0 Å². The van der Waals surface area contributed by atoms with Gasteiger partial charge >= 0.3 is 5.97 Å². The van der Waals surface area contributed by atoms with Crippen LogP contribution in [0.5, 0.6) is 0 Å². The molecule has 4 heteroatoms. The second-order valence-corrected chi connectivity index (χ2v) is 3.56. The van der Waals surface area contributed by atoms with Crippen molar-refractivity contribution < 1.29 is 14.3 Å². The number of carbonyl (C=O) groups excluding carboxylic acids is 2. The summed E-state index contributed by atoms with van der Waals surface area (Å²) < 4.78 is 4.90. The zero-order chi connectivity index (χ0) is 11.8. The van der Waals surface area contributed by atoms with Crippen LogP contribution in [0, 0.1) is 0 Å². The third kappa shape index (κ3) is 6.71. The fraction of sp³-hybridized carbons (Fsp3) is 0.636. The molecule has 0 aliphatic heterocycles. The van der Waals surface area contributed by atoms with Crippen molar-refractivity contribution in [1.82, 2.24) is 4.90 Å². The smallest absolute Gasteiger partial charge is 0.333 e. The molecule has 0 saturated heterocycles. The average molecular weight is 213 g/mol. The highest BCUT2D eigenvalue weighted by molar-refractivity contribution is 5.86. The van der Waals surface area contributed by atoms with E-state index in [0.29, 0.717) is 18.7 Å². The summed E-state index contributed by atoms with van der Waals surface area (Å²) in [7, 11) is 1.75. The molecule has 0 radical (unpaired) electrons. The van der Waals surface area contributed by atoms with E-state index in [0.717, 1.165) is 12.8 Å². The third-order valence-electron chi connectivity index (χ3n) is 2.01. The van der Waals surface area contributed by atoms with Crippen molar-refractivity contribution >= 4 is 11.9 Å². The number of rotatable bonds is 6. The van der Waals surface area contributed by atoms with Gasteiger partial charge in [-0.1, -0.05) is 6.58 Å². The van der Waals surface area contributed by atoms with Crippen molar-refractivity contribution in [3.05, 3.63) is 12.2 Å². The largest absolute Gasteiger partial charge is 0.462 e. The molecule has 0 aliphatic carbocycles. The summed E-state index contributed by atoms with van der Waals surface area (Å²) in [6.45, 7) is 7.70. The van der Waals surface area contributed by atoms with Crippen molar-refractivity contribution in [2.75, 3.05) is 20.2 Å². The Morgan fingerprint density at radius 1 is 1.27 bits per heavy atom. The Morgan fingerprint density at radius 3 is 2.33 bits per heavy atom. The summed E-state index contributed by atoms with van der Waals surface area (Å²) >= 11 is 0. The first-order valence-corrected chi connectivity index (χ1v) is 4.99. The van der Waals surface area contributed by atoms with E-state index in [-0.39, 0.29) is 11.9 Å². The van der Waals surface area contributed by atoms with Crippen LogP contribution in [-0.2, 0) is 14.3 Å². The molecule has 0 saturated carbocycles. The van der Waals surface area contributed by atoms with Crippen LogP contribution in [0.3, 0.4) is 0 Å². The molecule has 4 nitrogen and oxygen atoms in total. The van der Waals surface area contributed by atoms with Crippen LogP contribution in [0.2, 0.25) is 0 Å². The number of carbonyl (C=O) groups is 2. The quantitative estimate of drug-likeness (QED) is 0.380. The van der Waals surface area contributed by atoms with Crippen molar-refractivity contribution in [2.24, 2.45) is 0 Å². The van der Waals surface area contributed by atoms with Gasteiger partial charge in [0.1, 0.15) is 0 Å². The number of ether oxygens (including phenoxy) is 1. The fourth-order valence-electron chi connectivity index (χ4n) is 0.897. The van der Waals surface area contributed by atoms with E-state index in [4.69, 9.17) is 4.74 Å². The van der Waals surface area contributed by atoms with Crippen LogP contribution in [0.1, 0.15) is 26.7 Å².